The minimum absolute atomic E-state index is 0.0296. The number of hydrogen-bond donors (Lipinski definition) is 0. The van der Waals surface area contributed by atoms with Gasteiger partial charge in [-0.2, -0.15) is 8.78 Å². The highest BCUT2D eigenvalue weighted by atomic mass is 19.3. The zero-order chi connectivity index (χ0) is 12.2. The fourth-order valence-electron chi connectivity index (χ4n) is 1.20. The van der Waals surface area contributed by atoms with Crippen LogP contribution in [0.25, 0.3) is 0 Å². The van der Waals surface area contributed by atoms with Crippen LogP contribution in [0.4, 0.5) is 17.6 Å². The number of rotatable bonds is 5. The van der Waals surface area contributed by atoms with Crippen LogP contribution in [0, 0.1) is 0 Å². The van der Waals surface area contributed by atoms with E-state index in [4.69, 9.17) is 0 Å². The summed E-state index contributed by atoms with van der Waals surface area (Å²) < 4.78 is 52.8. The normalized spacial score (nSPS) is 11.9. The van der Waals surface area contributed by atoms with Gasteiger partial charge in [0.15, 0.2) is 0 Å². The summed E-state index contributed by atoms with van der Waals surface area (Å²) in [5.41, 5.74) is 0.670. The average Bonchev–Trinajstić information content (AvgIpc) is 2.14. The van der Waals surface area contributed by atoms with E-state index < -0.39 is 12.5 Å². The van der Waals surface area contributed by atoms with E-state index >= 15 is 0 Å². The third kappa shape index (κ3) is 5.00. The van der Waals surface area contributed by atoms with Gasteiger partial charge in [0.05, 0.1) is 0 Å². The third-order valence-corrected chi connectivity index (χ3v) is 2.00. The zero-order valence-corrected chi connectivity index (χ0v) is 8.72. The summed E-state index contributed by atoms with van der Waals surface area (Å²) in [7, 11) is 0. The van der Waals surface area contributed by atoms with E-state index in [1.165, 1.54) is 24.3 Å². The van der Waals surface area contributed by atoms with E-state index in [0.29, 0.717) is 5.56 Å². The monoisotopic (exact) mass is 236 g/mol. The lowest BCUT2D eigenvalue weighted by atomic mass is 10.1. The highest BCUT2D eigenvalue weighted by molar-refractivity contribution is 5.27. The largest absolute Gasteiger partial charge is 0.435 e. The molecule has 0 spiro atoms. The highest BCUT2D eigenvalue weighted by Gasteiger charge is 2.20. The summed E-state index contributed by atoms with van der Waals surface area (Å²) >= 11 is 0. The quantitative estimate of drug-likeness (QED) is 0.705. The van der Waals surface area contributed by atoms with Crippen LogP contribution in [0.2, 0.25) is 0 Å². The van der Waals surface area contributed by atoms with Gasteiger partial charge in [-0.3, -0.25) is 0 Å². The first kappa shape index (κ1) is 12.8. The Morgan fingerprint density at radius 3 is 2.19 bits per heavy atom. The molecule has 1 nitrogen and oxygen atoms in total. The van der Waals surface area contributed by atoms with E-state index in [0.717, 1.165) is 6.92 Å². The molecule has 5 heteroatoms. The van der Waals surface area contributed by atoms with Crippen LogP contribution in [0.1, 0.15) is 18.9 Å². The molecular formula is C11H12F4O. The van der Waals surface area contributed by atoms with Crippen molar-refractivity contribution in [2.75, 3.05) is 0 Å². The van der Waals surface area contributed by atoms with Gasteiger partial charge in [0.1, 0.15) is 5.75 Å². The molecule has 1 aromatic rings. The fraction of sp³-hybridized carbons (Fsp3) is 0.455. The zero-order valence-electron chi connectivity index (χ0n) is 8.72. The van der Waals surface area contributed by atoms with Crippen LogP contribution in [-0.2, 0) is 6.42 Å². The molecule has 0 saturated carbocycles. The Morgan fingerprint density at radius 2 is 1.75 bits per heavy atom. The third-order valence-electron chi connectivity index (χ3n) is 2.00. The first-order valence-corrected chi connectivity index (χ1v) is 4.78. The second kappa shape index (κ2) is 5.18. The molecule has 0 fully saturated rings. The van der Waals surface area contributed by atoms with Crippen molar-refractivity contribution in [2.45, 2.75) is 32.3 Å². The summed E-state index contributed by atoms with van der Waals surface area (Å²) in [6.07, 6.45) is -0.0550. The Hall–Kier alpha value is -1.26. The summed E-state index contributed by atoms with van der Waals surface area (Å²) in [5, 5.41) is 0. The van der Waals surface area contributed by atoms with Gasteiger partial charge >= 0.3 is 6.61 Å². The maximum absolute atomic E-state index is 12.5. The topological polar surface area (TPSA) is 9.23 Å². The van der Waals surface area contributed by atoms with E-state index in [9.17, 15) is 17.6 Å². The molecule has 1 aromatic carbocycles. The van der Waals surface area contributed by atoms with Gasteiger partial charge in [0, 0.05) is 6.42 Å². The van der Waals surface area contributed by atoms with Crippen molar-refractivity contribution in [1.82, 2.24) is 0 Å². The molecular weight excluding hydrogens is 224 g/mol. The molecule has 0 unspecified atom stereocenters. The van der Waals surface area contributed by atoms with Crippen LogP contribution in [0.3, 0.4) is 0 Å². The van der Waals surface area contributed by atoms with E-state index in [1.807, 2.05) is 0 Å². The smallest absolute Gasteiger partial charge is 0.387 e. The van der Waals surface area contributed by atoms with Gasteiger partial charge in [-0.05, 0) is 31.0 Å². The second-order valence-corrected chi connectivity index (χ2v) is 3.59. The second-order valence-electron chi connectivity index (χ2n) is 3.59. The summed E-state index contributed by atoms with van der Waals surface area (Å²) in [4.78, 5) is 0. The molecule has 0 heterocycles. The SMILES string of the molecule is CC(F)(F)CCc1ccc(OC(F)F)cc1. The van der Waals surface area contributed by atoms with Gasteiger partial charge in [0.2, 0.25) is 5.92 Å². The molecule has 16 heavy (non-hydrogen) atoms. The van der Waals surface area contributed by atoms with Crippen molar-refractivity contribution in [2.24, 2.45) is 0 Å². The Labute approximate surface area is 91.0 Å². The lowest BCUT2D eigenvalue weighted by molar-refractivity contribution is -0.0498. The van der Waals surface area contributed by atoms with Crippen LogP contribution in [0.5, 0.6) is 5.75 Å². The molecule has 0 radical (unpaired) electrons. The van der Waals surface area contributed by atoms with Crippen molar-refractivity contribution >= 4 is 0 Å². The van der Waals surface area contributed by atoms with Crippen LogP contribution >= 0.6 is 0 Å². The minimum atomic E-state index is -2.87. The molecule has 0 aliphatic heterocycles. The van der Waals surface area contributed by atoms with Crippen molar-refractivity contribution in [3.63, 3.8) is 0 Å². The molecule has 1 rings (SSSR count). The molecule has 0 aliphatic rings. The Bertz CT molecular complexity index is 316. The number of benzene rings is 1. The lowest BCUT2D eigenvalue weighted by Gasteiger charge is -2.10. The summed E-state index contributed by atoms with van der Waals surface area (Å²) in [6, 6.07) is 5.69. The molecule has 0 amide bonds. The first-order valence-electron chi connectivity index (χ1n) is 4.78. The maximum atomic E-state index is 12.5. The van der Waals surface area contributed by atoms with Crippen molar-refractivity contribution < 1.29 is 22.3 Å². The van der Waals surface area contributed by atoms with Crippen molar-refractivity contribution in [3.05, 3.63) is 29.8 Å². The fourth-order valence-corrected chi connectivity index (χ4v) is 1.20. The lowest BCUT2D eigenvalue weighted by Crippen LogP contribution is -2.10. The number of aryl methyl sites for hydroxylation is 1. The number of alkyl halides is 4. The summed E-state index contributed by atoms with van der Waals surface area (Å²) in [6.45, 7) is -2.02. The van der Waals surface area contributed by atoms with Gasteiger partial charge in [0.25, 0.3) is 0 Å². The Balaban J connectivity index is 2.51. The first-order chi connectivity index (χ1) is 7.37. The number of hydrogen-bond acceptors (Lipinski definition) is 1. The Morgan fingerprint density at radius 1 is 1.19 bits per heavy atom. The van der Waals surface area contributed by atoms with Crippen LogP contribution in [0.15, 0.2) is 24.3 Å². The molecule has 90 valence electrons. The van der Waals surface area contributed by atoms with E-state index in [1.54, 1.807) is 0 Å². The van der Waals surface area contributed by atoms with Crippen molar-refractivity contribution in [1.29, 1.82) is 0 Å². The molecule has 0 aromatic heterocycles. The van der Waals surface area contributed by atoms with Gasteiger partial charge < -0.3 is 4.74 Å². The van der Waals surface area contributed by atoms with Gasteiger partial charge in [-0.25, -0.2) is 8.78 Å². The average molecular weight is 236 g/mol. The molecule has 0 N–H and O–H groups in total. The minimum Gasteiger partial charge on any atom is -0.435 e. The predicted molar refractivity (Wildman–Crippen MR) is 52.0 cm³/mol. The van der Waals surface area contributed by atoms with Crippen LogP contribution in [-0.4, -0.2) is 12.5 Å². The molecule has 0 aliphatic carbocycles. The molecule has 0 bridgehead atoms. The van der Waals surface area contributed by atoms with E-state index in [2.05, 4.69) is 4.74 Å². The highest BCUT2D eigenvalue weighted by Crippen LogP contribution is 2.21. The number of halogens is 4. The van der Waals surface area contributed by atoms with E-state index in [-0.39, 0.29) is 18.6 Å². The van der Waals surface area contributed by atoms with Crippen molar-refractivity contribution in [3.8, 4) is 5.75 Å². The van der Waals surface area contributed by atoms with Gasteiger partial charge in [-0.15, -0.1) is 0 Å². The Kier molecular flexibility index (Phi) is 4.15. The summed E-state index contributed by atoms with van der Waals surface area (Å²) in [5.74, 6) is -2.68. The predicted octanol–water partition coefficient (Wildman–Crippen LogP) is 3.88. The van der Waals surface area contributed by atoms with Gasteiger partial charge in [-0.1, -0.05) is 12.1 Å². The standard InChI is InChI=1S/C11H12F4O/c1-11(14,15)7-6-8-2-4-9(5-3-8)16-10(12)13/h2-5,10H,6-7H2,1H3. The molecule has 0 atom stereocenters. The van der Waals surface area contributed by atoms with Crippen LogP contribution < -0.4 is 4.74 Å². The maximum Gasteiger partial charge on any atom is 0.387 e. The molecule has 0 saturated heterocycles. The number of ether oxygens (including phenoxy) is 1.